The molecule has 1 aromatic carbocycles. The number of nitrogens with two attached hydrogens (primary N) is 1. The predicted octanol–water partition coefficient (Wildman–Crippen LogP) is 0.700. The van der Waals surface area contributed by atoms with E-state index in [1.54, 1.807) is 19.1 Å². The normalized spacial score (nSPS) is 11.6. The fourth-order valence-electron chi connectivity index (χ4n) is 1.05. The quantitative estimate of drug-likeness (QED) is 0.690. The minimum absolute atomic E-state index is 0.0737. The summed E-state index contributed by atoms with van der Waals surface area (Å²) in [6, 6.07) is 4.72. The second-order valence-electron chi connectivity index (χ2n) is 2.78. The zero-order chi connectivity index (χ0) is 10.1. The van der Waals surface area contributed by atoms with Gasteiger partial charge in [-0.15, -0.1) is 0 Å². The summed E-state index contributed by atoms with van der Waals surface area (Å²) >= 11 is 0. The second-order valence-corrected chi connectivity index (χ2v) is 4.17. The summed E-state index contributed by atoms with van der Waals surface area (Å²) in [4.78, 5) is -0.0737. The van der Waals surface area contributed by atoms with Crippen molar-refractivity contribution in [3.05, 3.63) is 29.3 Å². The summed E-state index contributed by atoms with van der Waals surface area (Å²) in [5.41, 5.74) is 6.53. The van der Waals surface area contributed by atoms with E-state index in [9.17, 15) is 8.42 Å². The SMILES string of the molecule is Cc1ccc(CN)cc1S(=O)(=O)O. The van der Waals surface area contributed by atoms with Crippen molar-refractivity contribution in [3.63, 3.8) is 0 Å². The van der Waals surface area contributed by atoms with Crippen molar-refractivity contribution >= 4 is 10.1 Å². The van der Waals surface area contributed by atoms with E-state index in [0.717, 1.165) is 0 Å². The molecule has 4 nitrogen and oxygen atoms in total. The van der Waals surface area contributed by atoms with Crippen LogP contribution in [0.3, 0.4) is 0 Å². The molecular weight excluding hydrogens is 190 g/mol. The highest BCUT2D eigenvalue weighted by molar-refractivity contribution is 7.85. The number of hydrogen-bond donors (Lipinski definition) is 2. The predicted molar refractivity (Wildman–Crippen MR) is 48.9 cm³/mol. The molecule has 0 atom stereocenters. The summed E-state index contributed by atoms with van der Waals surface area (Å²) in [6.45, 7) is 1.87. The topological polar surface area (TPSA) is 80.4 Å². The first-order chi connectivity index (χ1) is 5.95. The van der Waals surface area contributed by atoms with Gasteiger partial charge in [-0.3, -0.25) is 4.55 Å². The first kappa shape index (κ1) is 10.2. The van der Waals surface area contributed by atoms with Crippen LogP contribution in [0.4, 0.5) is 0 Å². The van der Waals surface area contributed by atoms with Crippen LogP contribution in [0.2, 0.25) is 0 Å². The Morgan fingerprint density at radius 2 is 2.08 bits per heavy atom. The molecule has 0 spiro atoms. The molecule has 0 aliphatic rings. The molecule has 1 aromatic rings. The number of benzene rings is 1. The highest BCUT2D eigenvalue weighted by Crippen LogP contribution is 2.16. The molecule has 1 rings (SSSR count). The van der Waals surface area contributed by atoms with Crippen LogP contribution in [0.15, 0.2) is 23.1 Å². The van der Waals surface area contributed by atoms with Crippen molar-refractivity contribution in [1.29, 1.82) is 0 Å². The largest absolute Gasteiger partial charge is 0.326 e. The van der Waals surface area contributed by atoms with Gasteiger partial charge in [0, 0.05) is 6.54 Å². The summed E-state index contributed by atoms with van der Waals surface area (Å²) < 4.78 is 30.5. The molecule has 0 radical (unpaired) electrons. The summed E-state index contributed by atoms with van der Waals surface area (Å²) in [5, 5.41) is 0. The van der Waals surface area contributed by atoms with Gasteiger partial charge in [0.25, 0.3) is 10.1 Å². The molecule has 3 N–H and O–H groups in total. The van der Waals surface area contributed by atoms with Crippen LogP contribution < -0.4 is 5.73 Å². The Bertz CT molecular complexity index is 411. The number of aryl methyl sites for hydroxylation is 1. The van der Waals surface area contributed by atoms with E-state index in [1.165, 1.54) is 6.07 Å². The minimum Gasteiger partial charge on any atom is -0.326 e. The van der Waals surface area contributed by atoms with Crippen LogP contribution in [-0.2, 0) is 16.7 Å². The van der Waals surface area contributed by atoms with Gasteiger partial charge < -0.3 is 5.73 Å². The molecule has 0 unspecified atom stereocenters. The Morgan fingerprint density at radius 3 is 2.54 bits per heavy atom. The standard InChI is InChI=1S/C8H11NO3S/c1-6-2-3-7(5-9)4-8(6)13(10,11)12/h2-4H,5,9H2,1H3,(H,10,11,12). The second kappa shape index (κ2) is 3.45. The van der Waals surface area contributed by atoms with Gasteiger partial charge in [-0.25, -0.2) is 0 Å². The summed E-state index contributed by atoms with van der Waals surface area (Å²) in [5.74, 6) is 0. The molecule has 13 heavy (non-hydrogen) atoms. The molecular formula is C8H11NO3S. The van der Waals surface area contributed by atoms with Crippen LogP contribution in [0, 0.1) is 6.92 Å². The Kier molecular flexibility index (Phi) is 2.70. The van der Waals surface area contributed by atoms with E-state index < -0.39 is 10.1 Å². The fourth-order valence-corrected chi connectivity index (χ4v) is 1.82. The van der Waals surface area contributed by atoms with Crippen molar-refractivity contribution in [2.75, 3.05) is 0 Å². The highest BCUT2D eigenvalue weighted by Gasteiger charge is 2.12. The maximum atomic E-state index is 10.8. The zero-order valence-electron chi connectivity index (χ0n) is 7.19. The van der Waals surface area contributed by atoms with Gasteiger partial charge in [-0.1, -0.05) is 12.1 Å². The van der Waals surface area contributed by atoms with E-state index in [4.69, 9.17) is 10.3 Å². The molecule has 0 amide bonds. The van der Waals surface area contributed by atoms with E-state index in [-0.39, 0.29) is 11.4 Å². The molecule has 0 aromatic heterocycles. The first-order valence-electron chi connectivity index (χ1n) is 3.72. The molecule has 5 heteroatoms. The number of rotatable bonds is 2. The lowest BCUT2D eigenvalue weighted by Gasteiger charge is -2.04. The molecule has 0 aliphatic carbocycles. The molecule has 0 heterocycles. The summed E-state index contributed by atoms with van der Waals surface area (Å²) in [6.07, 6.45) is 0. The first-order valence-corrected chi connectivity index (χ1v) is 5.16. The van der Waals surface area contributed by atoms with Crippen molar-refractivity contribution in [2.45, 2.75) is 18.4 Å². The van der Waals surface area contributed by atoms with Crippen LogP contribution >= 0.6 is 0 Å². The van der Waals surface area contributed by atoms with Crippen LogP contribution in [-0.4, -0.2) is 13.0 Å². The third-order valence-electron chi connectivity index (χ3n) is 1.77. The lowest BCUT2D eigenvalue weighted by Crippen LogP contribution is -2.04. The van der Waals surface area contributed by atoms with Gasteiger partial charge in [-0.2, -0.15) is 8.42 Å². The minimum atomic E-state index is -4.12. The third kappa shape index (κ3) is 2.27. The summed E-state index contributed by atoms with van der Waals surface area (Å²) in [7, 11) is -4.12. The lowest BCUT2D eigenvalue weighted by atomic mass is 10.1. The Hall–Kier alpha value is -0.910. The fraction of sp³-hybridized carbons (Fsp3) is 0.250. The molecule has 0 saturated carbocycles. The lowest BCUT2D eigenvalue weighted by molar-refractivity contribution is 0.482. The van der Waals surface area contributed by atoms with Crippen molar-refractivity contribution in [2.24, 2.45) is 5.73 Å². The van der Waals surface area contributed by atoms with E-state index in [1.807, 2.05) is 0 Å². The van der Waals surface area contributed by atoms with Gasteiger partial charge in [0.1, 0.15) is 0 Å². The molecule has 0 bridgehead atoms. The third-order valence-corrected chi connectivity index (χ3v) is 2.76. The monoisotopic (exact) mass is 201 g/mol. The Balaban J connectivity index is 3.36. The van der Waals surface area contributed by atoms with Gasteiger partial charge in [0.05, 0.1) is 4.90 Å². The van der Waals surface area contributed by atoms with Gasteiger partial charge in [-0.05, 0) is 24.1 Å². The molecule has 0 fully saturated rings. The van der Waals surface area contributed by atoms with E-state index in [0.29, 0.717) is 11.1 Å². The van der Waals surface area contributed by atoms with Crippen LogP contribution in [0.25, 0.3) is 0 Å². The number of hydrogen-bond acceptors (Lipinski definition) is 3. The molecule has 0 aliphatic heterocycles. The maximum Gasteiger partial charge on any atom is 0.294 e. The maximum absolute atomic E-state index is 10.8. The van der Waals surface area contributed by atoms with Crippen LogP contribution in [0.1, 0.15) is 11.1 Å². The Labute approximate surface area is 77.1 Å². The van der Waals surface area contributed by atoms with Gasteiger partial charge in [0.2, 0.25) is 0 Å². The zero-order valence-corrected chi connectivity index (χ0v) is 8.00. The van der Waals surface area contributed by atoms with E-state index >= 15 is 0 Å². The van der Waals surface area contributed by atoms with Crippen molar-refractivity contribution < 1.29 is 13.0 Å². The smallest absolute Gasteiger partial charge is 0.294 e. The highest BCUT2D eigenvalue weighted by atomic mass is 32.2. The van der Waals surface area contributed by atoms with E-state index in [2.05, 4.69) is 0 Å². The molecule has 0 saturated heterocycles. The van der Waals surface area contributed by atoms with Gasteiger partial charge in [0.15, 0.2) is 0 Å². The van der Waals surface area contributed by atoms with Crippen LogP contribution in [0.5, 0.6) is 0 Å². The van der Waals surface area contributed by atoms with Crippen molar-refractivity contribution in [1.82, 2.24) is 0 Å². The molecule has 72 valence electrons. The average Bonchev–Trinajstić information content (AvgIpc) is 2.03. The van der Waals surface area contributed by atoms with Gasteiger partial charge >= 0.3 is 0 Å². The average molecular weight is 201 g/mol. The van der Waals surface area contributed by atoms with Crippen molar-refractivity contribution in [3.8, 4) is 0 Å². The Morgan fingerprint density at radius 1 is 1.46 bits per heavy atom.